The van der Waals surface area contributed by atoms with Crippen molar-refractivity contribution in [3.8, 4) is 5.75 Å². The van der Waals surface area contributed by atoms with Gasteiger partial charge in [0.25, 0.3) is 0 Å². The van der Waals surface area contributed by atoms with E-state index in [0.29, 0.717) is 12.0 Å². The van der Waals surface area contributed by atoms with Gasteiger partial charge in [-0.2, -0.15) is 0 Å². The van der Waals surface area contributed by atoms with Crippen LogP contribution >= 0.6 is 0 Å². The number of carboxylic acids is 1. The van der Waals surface area contributed by atoms with Crippen molar-refractivity contribution in [2.75, 3.05) is 0 Å². The molecular weight excluding hydrogens is 380 g/mol. The molecule has 160 valence electrons. The molecule has 10 nitrogen and oxygen atoms in total. The van der Waals surface area contributed by atoms with Gasteiger partial charge in [0.05, 0.1) is 12.5 Å². The summed E-state index contributed by atoms with van der Waals surface area (Å²) in [5, 5.41) is 23.4. The fourth-order valence-corrected chi connectivity index (χ4v) is 2.64. The lowest BCUT2D eigenvalue weighted by molar-refractivity contribution is -0.142. The summed E-state index contributed by atoms with van der Waals surface area (Å²) < 4.78 is 0. The maximum Gasteiger partial charge on any atom is 0.326 e. The first-order valence-electron chi connectivity index (χ1n) is 9.15. The highest BCUT2D eigenvalue weighted by atomic mass is 16.4. The van der Waals surface area contributed by atoms with Gasteiger partial charge in [-0.05, 0) is 30.0 Å². The fourth-order valence-electron chi connectivity index (χ4n) is 2.64. The Morgan fingerprint density at radius 2 is 1.55 bits per heavy atom. The number of phenols is 1. The van der Waals surface area contributed by atoms with Crippen LogP contribution < -0.4 is 22.1 Å². The van der Waals surface area contributed by atoms with E-state index in [-0.39, 0.29) is 18.1 Å². The summed E-state index contributed by atoms with van der Waals surface area (Å²) in [6.07, 6.45) is -0.196. The minimum atomic E-state index is -1.35. The minimum absolute atomic E-state index is 0.0200. The van der Waals surface area contributed by atoms with Gasteiger partial charge in [-0.25, -0.2) is 4.79 Å². The van der Waals surface area contributed by atoms with Crippen LogP contribution in [0.25, 0.3) is 0 Å². The molecule has 0 fully saturated rings. The fraction of sp³-hybridized carbons (Fsp3) is 0.474. The molecule has 1 aromatic carbocycles. The molecule has 1 aromatic rings. The number of amides is 3. The van der Waals surface area contributed by atoms with Gasteiger partial charge in [0.1, 0.15) is 17.8 Å². The molecular formula is C19H28N4O6. The van der Waals surface area contributed by atoms with E-state index in [1.54, 1.807) is 0 Å². The van der Waals surface area contributed by atoms with Gasteiger partial charge in [-0.15, -0.1) is 0 Å². The number of nitrogens with two attached hydrogens (primary N) is 2. The lowest BCUT2D eigenvalue weighted by atomic mass is 10.0. The second-order valence-electron chi connectivity index (χ2n) is 7.24. The van der Waals surface area contributed by atoms with Crippen molar-refractivity contribution in [2.24, 2.45) is 17.4 Å². The van der Waals surface area contributed by atoms with Gasteiger partial charge < -0.3 is 32.3 Å². The molecule has 0 aliphatic rings. The van der Waals surface area contributed by atoms with Crippen LogP contribution in [0.15, 0.2) is 24.3 Å². The Bertz CT molecular complexity index is 735. The first-order valence-corrected chi connectivity index (χ1v) is 9.15. The summed E-state index contributed by atoms with van der Waals surface area (Å²) in [6.45, 7) is 3.75. The van der Waals surface area contributed by atoms with Gasteiger partial charge in [-0.3, -0.25) is 14.4 Å². The zero-order chi connectivity index (χ0) is 22.1. The van der Waals surface area contributed by atoms with E-state index >= 15 is 0 Å². The summed E-state index contributed by atoms with van der Waals surface area (Å²) in [5.74, 6) is -3.47. The number of primary amides is 1. The van der Waals surface area contributed by atoms with E-state index in [1.165, 1.54) is 24.3 Å². The highest BCUT2D eigenvalue weighted by Crippen LogP contribution is 2.12. The number of nitrogens with one attached hydrogen (secondary N) is 2. The van der Waals surface area contributed by atoms with Gasteiger partial charge in [0, 0.05) is 6.42 Å². The quantitative estimate of drug-likeness (QED) is 0.278. The molecule has 3 amide bonds. The third-order valence-electron chi connectivity index (χ3n) is 4.09. The highest BCUT2D eigenvalue weighted by molar-refractivity contribution is 5.94. The van der Waals surface area contributed by atoms with E-state index in [2.05, 4.69) is 10.6 Å². The smallest absolute Gasteiger partial charge is 0.326 e. The number of carbonyl (C=O) groups is 4. The molecule has 0 saturated heterocycles. The zero-order valence-electron chi connectivity index (χ0n) is 16.4. The van der Waals surface area contributed by atoms with Crippen molar-refractivity contribution < 1.29 is 29.4 Å². The molecule has 10 heteroatoms. The zero-order valence-corrected chi connectivity index (χ0v) is 16.4. The third kappa shape index (κ3) is 8.60. The topological polar surface area (TPSA) is 185 Å². The number of carboxylic acid groups (broad SMARTS) is 1. The van der Waals surface area contributed by atoms with Crippen LogP contribution in [0.4, 0.5) is 0 Å². The normalized spacial score (nSPS) is 13.9. The van der Waals surface area contributed by atoms with Crippen molar-refractivity contribution in [3.05, 3.63) is 29.8 Å². The summed E-state index contributed by atoms with van der Waals surface area (Å²) in [4.78, 5) is 47.6. The maximum atomic E-state index is 12.5. The predicted molar refractivity (Wildman–Crippen MR) is 105 cm³/mol. The number of benzene rings is 1. The summed E-state index contributed by atoms with van der Waals surface area (Å²) in [7, 11) is 0. The van der Waals surface area contributed by atoms with Crippen LogP contribution in [0.1, 0.15) is 32.3 Å². The molecule has 0 aromatic heterocycles. The van der Waals surface area contributed by atoms with E-state index in [1.807, 2.05) is 13.8 Å². The molecule has 0 radical (unpaired) electrons. The number of hydrogen-bond acceptors (Lipinski definition) is 6. The van der Waals surface area contributed by atoms with Gasteiger partial charge in [0.15, 0.2) is 0 Å². The van der Waals surface area contributed by atoms with Gasteiger partial charge >= 0.3 is 5.97 Å². The van der Waals surface area contributed by atoms with Crippen molar-refractivity contribution in [3.63, 3.8) is 0 Å². The van der Waals surface area contributed by atoms with Crippen LogP contribution in [0.3, 0.4) is 0 Å². The van der Waals surface area contributed by atoms with E-state index in [4.69, 9.17) is 11.5 Å². The predicted octanol–water partition coefficient (Wildman–Crippen LogP) is -0.762. The Morgan fingerprint density at radius 3 is 2.03 bits per heavy atom. The Labute approximate surface area is 168 Å². The van der Waals surface area contributed by atoms with Crippen molar-refractivity contribution in [1.29, 1.82) is 0 Å². The summed E-state index contributed by atoms with van der Waals surface area (Å²) in [6, 6.07) is 2.27. The SMILES string of the molecule is CC(C)C[C@H](N)C(=O)N[C@@H](CC(N)=O)C(=O)N[C@@H](Cc1ccc(O)cc1)C(=O)O. The standard InChI is InChI=1S/C19H28N4O6/c1-10(2)7-13(20)17(26)22-14(9-16(21)25)18(27)23-15(19(28)29)8-11-3-5-12(24)6-4-11/h3-6,10,13-15,24H,7-9,20H2,1-2H3,(H2,21,25)(H,22,26)(H,23,27)(H,28,29)/t13-,14-,15-/m0/s1. The number of hydrogen-bond donors (Lipinski definition) is 6. The number of phenolic OH excluding ortho intramolecular Hbond substituents is 1. The van der Waals surface area contributed by atoms with E-state index in [0.717, 1.165) is 0 Å². The molecule has 3 atom stereocenters. The molecule has 0 spiro atoms. The Balaban J connectivity index is 2.87. The van der Waals surface area contributed by atoms with Crippen molar-refractivity contribution >= 4 is 23.7 Å². The molecule has 0 saturated carbocycles. The number of aromatic hydroxyl groups is 1. The maximum absolute atomic E-state index is 12.5. The summed E-state index contributed by atoms with van der Waals surface area (Å²) in [5.41, 5.74) is 11.5. The first-order chi connectivity index (χ1) is 13.5. The molecule has 0 aliphatic heterocycles. The molecule has 1 rings (SSSR count). The number of carbonyl (C=O) groups excluding carboxylic acids is 3. The van der Waals surface area contributed by atoms with Crippen molar-refractivity contribution in [1.82, 2.24) is 10.6 Å². The second-order valence-corrected chi connectivity index (χ2v) is 7.24. The Morgan fingerprint density at radius 1 is 1.00 bits per heavy atom. The molecule has 29 heavy (non-hydrogen) atoms. The third-order valence-corrected chi connectivity index (χ3v) is 4.09. The number of rotatable bonds is 11. The molecule has 0 aliphatic carbocycles. The van der Waals surface area contributed by atoms with Gasteiger partial charge in [-0.1, -0.05) is 26.0 Å². The van der Waals surface area contributed by atoms with E-state index < -0.39 is 48.2 Å². The molecule has 0 unspecified atom stereocenters. The lowest BCUT2D eigenvalue weighted by Gasteiger charge is -2.22. The molecule has 0 bridgehead atoms. The van der Waals surface area contributed by atoms with Crippen molar-refractivity contribution in [2.45, 2.75) is 51.2 Å². The van der Waals surface area contributed by atoms with Gasteiger partial charge in [0.2, 0.25) is 17.7 Å². The van der Waals surface area contributed by atoms with Crippen LogP contribution in [0.5, 0.6) is 5.75 Å². The second kappa shape index (κ2) is 11.0. The van der Waals surface area contributed by atoms with E-state index in [9.17, 15) is 29.4 Å². The Kier molecular flexibility index (Phi) is 9.07. The minimum Gasteiger partial charge on any atom is -0.508 e. The molecule has 0 heterocycles. The first kappa shape index (κ1) is 23.9. The molecule has 8 N–H and O–H groups in total. The van der Waals surface area contributed by atoms with Crippen LogP contribution in [-0.2, 0) is 25.6 Å². The average Bonchev–Trinajstić information content (AvgIpc) is 2.61. The average molecular weight is 408 g/mol. The van der Waals surface area contributed by atoms with Crippen LogP contribution in [0, 0.1) is 5.92 Å². The lowest BCUT2D eigenvalue weighted by Crippen LogP contribution is -2.55. The monoisotopic (exact) mass is 408 g/mol. The van der Waals surface area contributed by atoms with Crippen LogP contribution in [-0.4, -0.2) is 52.0 Å². The summed E-state index contributed by atoms with van der Waals surface area (Å²) >= 11 is 0. The highest BCUT2D eigenvalue weighted by Gasteiger charge is 2.29. The van der Waals surface area contributed by atoms with Crippen LogP contribution in [0.2, 0.25) is 0 Å². The Hall–Kier alpha value is -3.14. The largest absolute Gasteiger partial charge is 0.508 e. The number of aliphatic carboxylic acids is 1.